The summed E-state index contributed by atoms with van der Waals surface area (Å²) in [5.74, 6) is 2.79. The molecule has 2 aliphatic rings. The first kappa shape index (κ1) is 19.7. The van der Waals surface area contributed by atoms with Crippen molar-refractivity contribution in [1.82, 2.24) is 5.32 Å². The van der Waals surface area contributed by atoms with E-state index in [0.29, 0.717) is 18.4 Å². The van der Waals surface area contributed by atoms with Crippen molar-refractivity contribution in [2.24, 2.45) is 5.92 Å². The highest BCUT2D eigenvalue weighted by molar-refractivity contribution is 5.46. The molecular formula is C19H21FN2O6. The Morgan fingerprint density at radius 1 is 1.21 bits per heavy atom. The van der Waals surface area contributed by atoms with Gasteiger partial charge in [0.1, 0.15) is 11.6 Å². The lowest BCUT2D eigenvalue weighted by molar-refractivity contribution is -0.742. The van der Waals surface area contributed by atoms with Crippen molar-refractivity contribution in [1.29, 1.82) is 0 Å². The first-order valence-electron chi connectivity index (χ1n) is 8.85. The van der Waals surface area contributed by atoms with Crippen molar-refractivity contribution in [2.45, 2.75) is 12.3 Å². The van der Waals surface area contributed by atoms with Gasteiger partial charge in [0.15, 0.2) is 11.5 Å². The molecule has 28 heavy (non-hydrogen) atoms. The Labute approximate surface area is 160 Å². The van der Waals surface area contributed by atoms with Crippen molar-refractivity contribution >= 4 is 0 Å². The van der Waals surface area contributed by atoms with Gasteiger partial charge in [-0.05, 0) is 48.7 Å². The third kappa shape index (κ3) is 5.23. The predicted molar refractivity (Wildman–Crippen MR) is 97.0 cm³/mol. The first-order chi connectivity index (χ1) is 13.5. The van der Waals surface area contributed by atoms with Crippen molar-refractivity contribution in [3.05, 3.63) is 64.0 Å². The zero-order valence-electron chi connectivity index (χ0n) is 15.0. The largest absolute Gasteiger partial charge is 0.493 e. The zero-order valence-corrected chi connectivity index (χ0v) is 15.0. The summed E-state index contributed by atoms with van der Waals surface area (Å²) in [5, 5.41) is 17.1. The minimum absolute atomic E-state index is 0.194. The van der Waals surface area contributed by atoms with Crippen molar-refractivity contribution < 1.29 is 28.9 Å². The lowest BCUT2D eigenvalue weighted by atomic mass is 9.81. The molecule has 2 aliphatic heterocycles. The summed E-state index contributed by atoms with van der Waals surface area (Å²) in [6, 6.07) is 12.5. The molecule has 2 N–H and O–H groups in total. The molecule has 9 heteroatoms. The molecule has 0 bridgehead atoms. The Balaban J connectivity index is 0.000000516. The van der Waals surface area contributed by atoms with Crippen LogP contribution in [0.1, 0.15) is 17.9 Å². The molecule has 0 spiro atoms. The molecule has 2 atom stereocenters. The fourth-order valence-electron chi connectivity index (χ4n) is 3.42. The van der Waals surface area contributed by atoms with Crippen LogP contribution in [0.3, 0.4) is 0 Å². The van der Waals surface area contributed by atoms with Gasteiger partial charge >= 0.3 is 0 Å². The fraction of sp³-hybridized carbons (Fsp3) is 0.368. The van der Waals surface area contributed by atoms with Crippen LogP contribution in [0.4, 0.5) is 4.39 Å². The Morgan fingerprint density at radius 2 is 1.93 bits per heavy atom. The van der Waals surface area contributed by atoms with Gasteiger partial charge in [-0.2, -0.15) is 0 Å². The van der Waals surface area contributed by atoms with Gasteiger partial charge in [-0.25, -0.2) is 4.39 Å². The highest BCUT2D eigenvalue weighted by Crippen LogP contribution is 2.36. The SMILES string of the molecule is Fc1ccc([C@@H]2CCNC[C@H]2COc2ccc3c(c2)OCO3)cc1.O=[N+]([O-])O. The van der Waals surface area contributed by atoms with E-state index in [-0.39, 0.29) is 12.6 Å². The number of ether oxygens (including phenoxy) is 3. The Kier molecular flexibility index (Phi) is 6.49. The molecular weight excluding hydrogens is 371 g/mol. The Hall–Kier alpha value is -3.07. The molecule has 0 radical (unpaired) electrons. The van der Waals surface area contributed by atoms with Crippen molar-refractivity contribution in [3.8, 4) is 17.2 Å². The number of halogens is 1. The summed E-state index contributed by atoms with van der Waals surface area (Å²) in [5.41, 5.74) is 1.18. The van der Waals surface area contributed by atoms with E-state index in [9.17, 15) is 4.39 Å². The first-order valence-corrected chi connectivity index (χ1v) is 8.85. The second-order valence-electron chi connectivity index (χ2n) is 6.47. The van der Waals surface area contributed by atoms with Gasteiger partial charge in [0.05, 0.1) is 6.61 Å². The van der Waals surface area contributed by atoms with E-state index in [1.54, 1.807) is 0 Å². The normalized spacial score (nSPS) is 20.0. The topological polar surface area (TPSA) is 103 Å². The van der Waals surface area contributed by atoms with Crippen LogP contribution in [-0.4, -0.2) is 36.8 Å². The Bertz CT molecular complexity index is 798. The maximum absolute atomic E-state index is 13.2. The van der Waals surface area contributed by atoms with Crippen LogP contribution >= 0.6 is 0 Å². The number of nitrogens with one attached hydrogen (secondary N) is 1. The molecule has 0 amide bonds. The van der Waals surface area contributed by atoms with Crippen LogP contribution in [-0.2, 0) is 0 Å². The average Bonchev–Trinajstić information content (AvgIpc) is 3.15. The van der Waals surface area contributed by atoms with E-state index in [4.69, 9.17) is 29.5 Å². The highest BCUT2D eigenvalue weighted by Gasteiger charge is 2.27. The summed E-state index contributed by atoms with van der Waals surface area (Å²) >= 11 is 0. The summed E-state index contributed by atoms with van der Waals surface area (Å²) in [4.78, 5) is 8.36. The zero-order chi connectivity index (χ0) is 19.9. The lowest BCUT2D eigenvalue weighted by Crippen LogP contribution is -2.38. The van der Waals surface area contributed by atoms with Gasteiger partial charge in [0.25, 0.3) is 5.09 Å². The standard InChI is InChI=1S/C19H20FNO3.HNO3/c20-15-3-1-13(2-4-15)17-7-8-21-10-14(17)11-22-16-5-6-18-19(9-16)24-12-23-18;2-1(3)4/h1-6,9,14,17,21H,7-8,10-12H2;(H,2,3,4)/t14-,17-;/m0./s1. The number of nitrogens with zero attached hydrogens (tertiary/aromatic N) is 1. The highest BCUT2D eigenvalue weighted by atomic mass is 19.1. The minimum Gasteiger partial charge on any atom is -0.493 e. The molecule has 150 valence electrons. The van der Waals surface area contributed by atoms with Crippen LogP contribution < -0.4 is 19.5 Å². The van der Waals surface area contributed by atoms with Crippen LogP contribution in [0.2, 0.25) is 0 Å². The van der Waals surface area contributed by atoms with Crippen LogP contribution in [0.25, 0.3) is 0 Å². The molecule has 2 aromatic rings. The van der Waals surface area contributed by atoms with Crippen molar-refractivity contribution in [2.75, 3.05) is 26.5 Å². The fourth-order valence-corrected chi connectivity index (χ4v) is 3.42. The number of benzene rings is 2. The smallest absolute Gasteiger partial charge is 0.291 e. The van der Waals surface area contributed by atoms with E-state index < -0.39 is 5.09 Å². The van der Waals surface area contributed by atoms with E-state index >= 15 is 0 Å². The molecule has 2 heterocycles. The van der Waals surface area contributed by atoms with E-state index in [1.165, 1.54) is 17.7 Å². The van der Waals surface area contributed by atoms with Crippen LogP contribution in [0, 0.1) is 21.8 Å². The van der Waals surface area contributed by atoms with Crippen LogP contribution in [0.15, 0.2) is 42.5 Å². The molecule has 0 saturated carbocycles. The molecule has 0 aromatic heterocycles. The summed E-state index contributed by atoms with van der Waals surface area (Å²) in [7, 11) is 0. The molecule has 0 aliphatic carbocycles. The third-order valence-electron chi connectivity index (χ3n) is 4.71. The molecule has 2 aromatic carbocycles. The number of rotatable bonds is 4. The lowest BCUT2D eigenvalue weighted by Gasteiger charge is -2.32. The number of fused-ring (bicyclic) bond motifs is 1. The minimum atomic E-state index is -1.50. The molecule has 8 nitrogen and oxygen atoms in total. The summed E-state index contributed by atoms with van der Waals surface area (Å²) in [6.07, 6.45) is 1.03. The third-order valence-corrected chi connectivity index (χ3v) is 4.71. The second-order valence-corrected chi connectivity index (χ2v) is 6.47. The Morgan fingerprint density at radius 3 is 2.68 bits per heavy atom. The molecule has 1 fully saturated rings. The number of hydrogen-bond donors (Lipinski definition) is 2. The van der Waals surface area contributed by atoms with Gasteiger partial charge < -0.3 is 24.7 Å². The molecule has 4 rings (SSSR count). The maximum atomic E-state index is 13.2. The quantitative estimate of drug-likeness (QED) is 0.609. The van der Waals surface area contributed by atoms with Gasteiger partial charge in [-0.1, -0.05) is 12.1 Å². The van der Waals surface area contributed by atoms with Gasteiger partial charge in [-0.15, -0.1) is 10.1 Å². The second kappa shape index (κ2) is 9.23. The monoisotopic (exact) mass is 392 g/mol. The van der Waals surface area contributed by atoms with Gasteiger partial charge in [0.2, 0.25) is 6.79 Å². The predicted octanol–water partition coefficient (Wildman–Crippen LogP) is 2.98. The number of hydrogen-bond acceptors (Lipinski definition) is 6. The van der Waals surface area contributed by atoms with E-state index in [0.717, 1.165) is 36.8 Å². The maximum Gasteiger partial charge on any atom is 0.291 e. The molecule has 0 unspecified atom stereocenters. The average molecular weight is 392 g/mol. The van der Waals surface area contributed by atoms with Crippen molar-refractivity contribution in [3.63, 3.8) is 0 Å². The van der Waals surface area contributed by atoms with E-state index in [2.05, 4.69) is 5.32 Å². The summed E-state index contributed by atoms with van der Waals surface area (Å²) < 4.78 is 29.9. The summed E-state index contributed by atoms with van der Waals surface area (Å²) in [6.45, 7) is 2.74. The number of piperidine rings is 1. The van der Waals surface area contributed by atoms with Crippen LogP contribution in [0.5, 0.6) is 17.2 Å². The van der Waals surface area contributed by atoms with Gasteiger partial charge in [-0.3, -0.25) is 0 Å². The molecule has 1 saturated heterocycles. The van der Waals surface area contributed by atoms with E-state index in [1.807, 2.05) is 30.3 Å². The van der Waals surface area contributed by atoms with Gasteiger partial charge in [0, 0.05) is 18.5 Å².